The Balaban J connectivity index is 1.48. The average molecular weight is 378 g/mol. The summed E-state index contributed by atoms with van der Waals surface area (Å²) >= 11 is 5.83. The highest BCUT2D eigenvalue weighted by Crippen LogP contribution is 2.17. The molecule has 8 heteroatoms. The Kier molecular flexibility index (Phi) is 5.68. The summed E-state index contributed by atoms with van der Waals surface area (Å²) in [4.78, 5) is 31.7. The van der Waals surface area contributed by atoms with Crippen LogP contribution in [0.2, 0.25) is 5.15 Å². The minimum atomic E-state index is -0.679. The molecule has 3 rings (SSSR count). The van der Waals surface area contributed by atoms with E-state index in [2.05, 4.69) is 9.88 Å². The number of rotatable bonds is 4. The third-order valence-electron chi connectivity index (χ3n) is 4.13. The Hall–Kier alpha value is -2.67. The normalized spacial score (nSPS) is 14.2. The van der Waals surface area contributed by atoms with Crippen molar-refractivity contribution in [2.24, 2.45) is 0 Å². The number of esters is 1. The van der Waals surface area contributed by atoms with Gasteiger partial charge >= 0.3 is 5.97 Å². The number of halogens is 2. The zero-order valence-corrected chi connectivity index (χ0v) is 14.7. The molecule has 6 nitrogen and oxygen atoms in total. The van der Waals surface area contributed by atoms with E-state index in [-0.39, 0.29) is 29.0 Å². The Morgan fingerprint density at radius 3 is 2.46 bits per heavy atom. The quantitative estimate of drug-likeness (QED) is 0.604. The molecule has 2 aromatic rings. The fourth-order valence-corrected chi connectivity index (χ4v) is 2.90. The van der Waals surface area contributed by atoms with Crippen molar-refractivity contribution in [1.29, 1.82) is 0 Å². The second-order valence-corrected chi connectivity index (χ2v) is 6.12. The molecule has 0 aliphatic carbocycles. The lowest BCUT2D eigenvalue weighted by Crippen LogP contribution is -2.49. The van der Waals surface area contributed by atoms with E-state index in [9.17, 15) is 14.0 Å². The van der Waals surface area contributed by atoms with E-state index < -0.39 is 5.97 Å². The molecule has 0 atom stereocenters. The Morgan fingerprint density at radius 1 is 1.12 bits per heavy atom. The topological polar surface area (TPSA) is 62.7 Å². The number of hydrogen-bond donors (Lipinski definition) is 0. The van der Waals surface area contributed by atoms with Gasteiger partial charge in [0.1, 0.15) is 11.0 Å². The van der Waals surface area contributed by atoms with E-state index in [1.54, 1.807) is 23.1 Å². The Morgan fingerprint density at radius 2 is 1.81 bits per heavy atom. The third-order valence-corrected chi connectivity index (χ3v) is 4.43. The molecule has 0 unspecified atom stereocenters. The number of hydrogen-bond acceptors (Lipinski definition) is 5. The minimum absolute atomic E-state index is 0.0397. The number of carbonyl (C=O) groups excluding carboxylic acids is 2. The summed E-state index contributed by atoms with van der Waals surface area (Å²) in [6.45, 7) is 1.91. The molecule has 1 aliphatic heterocycles. The summed E-state index contributed by atoms with van der Waals surface area (Å²) in [6.07, 6.45) is 1.46. The smallest absolute Gasteiger partial charge is 0.341 e. The van der Waals surface area contributed by atoms with Crippen molar-refractivity contribution in [3.63, 3.8) is 0 Å². The maximum Gasteiger partial charge on any atom is 0.341 e. The van der Waals surface area contributed by atoms with Gasteiger partial charge in [-0.15, -0.1) is 0 Å². The predicted octanol–water partition coefficient (Wildman–Crippen LogP) is 2.38. The van der Waals surface area contributed by atoms with Crippen molar-refractivity contribution < 1.29 is 18.7 Å². The van der Waals surface area contributed by atoms with Gasteiger partial charge in [0.15, 0.2) is 6.61 Å². The molecular formula is C18H17ClFN3O3. The first kappa shape index (κ1) is 18.1. The van der Waals surface area contributed by atoms with Gasteiger partial charge in [-0.25, -0.2) is 14.2 Å². The number of anilines is 1. The van der Waals surface area contributed by atoms with E-state index in [1.165, 1.54) is 24.4 Å². The predicted molar refractivity (Wildman–Crippen MR) is 94.7 cm³/mol. The van der Waals surface area contributed by atoms with Crippen molar-refractivity contribution >= 4 is 29.2 Å². The summed E-state index contributed by atoms with van der Waals surface area (Å²) in [5, 5.41) is 0.0397. The zero-order chi connectivity index (χ0) is 18.5. The molecule has 1 amide bonds. The van der Waals surface area contributed by atoms with Crippen LogP contribution in [0.5, 0.6) is 0 Å². The van der Waals surface area contributed by atoms with Crippen LogP contribution in [-0.4, -0.2) is 54.5 Å². The van der Waals surface area contributed by atoms with Crippen LogP contribution >= 0.6 is 11.6 Å². The molecule has 136 valence electrons. The van der Waals surface area contributed by atoms with Crippen molar-refractivity contribution in [2.75, 3.05) is 37.7 Å². The minimum Gasteiger partial charge on any atom is -0.452 e. The maximum atomic E-state index is 13.0. The van der Waals surface area contributed by atoms with Gasteiger partial charge in [0.25, 0.3) is 5.91 Å². The monoisotopic (exact) mass is 377 g/mol. The summed E-state index contributed by atoms with van der Waals surface area (Å²) < 4.78 is 18.0. The van der Waals surface area contributed by atoms with Gasteiger partial charge in [0.2, 0.25) is 0 Å². The lowest BCUT2D eigenvalue weighted by molar-refractivity contribution is -0.134. The molecule has 1 aliphatic rings. The van der Waals surface area contributed by atoms with Crippen LogP contribution in [-0.2, 0) is 9.53 Å². The molecule has 1 aromatic heterocycles. The first-order chi connectivity index (χ1) is 12.5. The molecule has 2 heterocycles. The van der Waals surface area contributed by atoms with E-state index in [1.807, 2.05) is 0 Å². The van der Waals surface area contributed by atoms with Crippen LogP contribution in [0.1, 0.15) is 10.4 Å². The second-order valence-electron chi connectivity index (χ2n) is 5.76. The van der Waals surface area contributed by atoms with Gasteiger partial charge in [-0.05, 0) is 36.4 Å². The molecule has 26 heavy (non-hydrogen) atoms. The standard InChI is InChI=1S/C18H17ClFN3O3/c19-17-15(2-1-7-21-17)18(25)26-12-16(24)23-10-8-22(9-11-23)14-5-3-13(20)4-6-14/h1-7H,8-12H2. The fraction of sp³-hybridized carbons (Fsp3) is 0.278. The van der Waals surface area contributed by atoms with Gasteiger partial charge in [-0.2, -0.15) is 0 Å². The molecule has 0 spiro atoms. The summed E-state index contributed by atoms with van der Waals surface area (Å²) in [5.74, 6) is -1.23. The molecule has 1 fully saturated rings. The first-order valence-corrected chi connectivity index (χ1v) is 8.48. The number of benzene rings is 1. The van der Waals surface area contributed by atoms with Crippen molar-refractivity contribution in [2.45, 2.75) is 0 Å². The highest BCUT2D eigenvalue weighted by Gasteiger charge is 2.23. The van der Waals surface area contributed by atoms with Crippen LogP contribution in [0, 0.1) is 5.82 Å². The van der Waals surface area contributed by atoms with Gasteiger partial charge < -0.3 is 14.5 Å². The van der Waals surface area contributed by atoms with E-state index in [0.29, 0.717) is 26.2 Å². The van der Waals surface area contributed by atoms with Crippen LogP contribution < -0.4 is 4.90 Å². The zero-order valence-electron chi connectivity index (χ0n) is 13.9. The fourth-order valence-electron chi connectivity index (χ4n) is 2.70. The van der Waals surface area contributed by atoms with Gasteiger partial charge in [-0.1, -0.05) is 11.6 Å². The summed E-state index contributed by atoms with van der Waals surface area (Å²) in [6, 6.07) is 9.31. The van der Waals surface area contributed by atoms with Crippen molar-refractivity contribution in [1.82, 2.24) is 9.88 Å². The van der Waals surface area contributed by atoms with Crippen molar-refractivity contribution in [3.05, 3.63) is 59.1 Å². The molecule has 0 saturated carbocycles. The summed E-state index contributed by atoms with van der Waals surface area (Å²) in [7, 11) is 0. The number of pyridine rings is 1. The highest BCUT2D eigenvalue weighted by atomic mass is 35.5. The van der Waals surface area contributed by atoms with Gasteiger partial charge in [-0.3, -0.25) is 4.79 Å². The molecule has 0 N–H and O–H groups in total. The molecule has 0 radical (unpaired) electrons. The van der Waals surface area contributed by atoms with Gasteiger partial charge in [0, 0.05) is 38.1 Å². The largest absolute Gasteiger partial charge is 0.452 e. The molecule has 1 saturated heterocycles. The molecule has 0 bridgehead atoms. The Bertz CT molecular complexity index is 793. The molecular weight excluding hydrogens is 361 g/mol. The van der Waals surface area contributed by atoms with Crippen molar-refractivity contribution in [3.8, 4) is 0 Å². The van der Waals surface area contributed by atoms with Crippen LogP contribution in [0.25, 0.3) is 0 Å². The lowest BCUT2D eigenvalue weighted by atomic mass is 10.2. The van der Waals surface area contributed by atoms with E-state index in [0.717, 1.165) is 5.69 Å². The third kappa shape index (κ3) is 4.29. The van der Waals surface area contributed by atoms with Gasteiger partial charge in [0.05, 0.1) is 5.56 Å². The Labute approximate surface area is 155 Å². The number of amides is 1. The van der Waals surface area contributed by atoms with E-state index >= 15 is 0 Å². The van der Waals surface area contributed by atoms with E-state index in [4.69, 9.17) is 16.3 Å². The number of nitrogens with zero attached hydrogens (tertiary/aromatic N) is 3. The SMILES string of the molecule is O=C(OCC(=O)N1CCN(c2ccc(F)cc2)CC1)c1cccnc1Cl. The number of piperazine rings is 1. The number of aromatic nitrogens is 1. The first-order valence-electron chi connectivity index (χ1n) is 8.10. The highest BCUT2D eigenvalue weighted by molar-refractivity contribution is 6.32. The number of carbonyl (C=O) groups is 2. The van der Waals surface area contributed by atoms with Crippen LogP contribution in [0.4, 0.5) is 10.1 Å². The lowest BCUT2D eigenvalue weighted by Gasteiger charge is -2.36. The molecule has 1 aromatic carbocycles. The van der Waals surface area contributed by atoms with Crippen LogP contribution in [0.15, 0.2) is 42.6 Å². The number of ether oxygens (including phenoxy) is 1. The van der Waals surface area contributed by atoms with Crippen LogP contribution in [0.3, 0.4) is 0 Å². The summed E-state index contributed by atoms with van der Waals surface area (Å²) in [5.41, 5.74) is 1.04. The average Bonchev–Trinajstić information content (AvgIpc) is 2.67. The maximum absolute atomic E-state index is 13.0. The second kappa shape index (κ2) is 8.14.